The van der Waals surface area contributed by atoms with Crippen LogP contribution >= 0.6 is 0 Å². The summed E-state index contributed by atoms with van der Waals surface area (Å²) in [5.41, 5.74) is 1.61. The van der Waals surface area contributed by atoms with Crippen molar-refractivity contribution >= 4 is 17.2 Å². The largest absolute Gasteiger partial charge is 0.491 e. The van der Waals surface area contributed by atoms with Crippen LogP contribution < -0.4 is 10.1 Å². The van der Waals surface area contributed by atoms with Crippen molar-refractivity contribution in [3.05, 3.63) is 41.7 Å². The zero-order valence-electron chi connectivity index (χ0n) is 13.8. The van der Waals surface area contributed by atoms with Crippen molar-refractivity contribution in [2.75, 3.05) is 5.32 Å². The smallest absolute Gasteiger partial charge is 0.453 e. The molecule has 3 rings (SSSR count). The van der Waals surface area contributed by atoms with Gasteiger partial charge in [-0.2, -0.15) is 17.7 Å². The van der Waals surface area contributed by atoms with Gasteiger partial charge in [-0.25, -0.2) is 0 Å². The monoisotopic (exact) mass is 351 g/mol. The zero-order chi connectivity index (χ0) is 18.2. The molecule has 0 atom stereocenters. The highest BCUT2D eigenvalue weighted by atomic mass is 19.4. The molecule has 6 nitrogen and oxygen atoms in total. The van der Waals surface area contributed by atoms with Crippen molar-refractivity contribution in [2.45, 2.75) is 33.1 Å². The minimum atomic E-state index is -4.63. The minimum Gasteiger partial charge on any atom is -0.491 e. The maximum absolute atomic E-state index is 12.9. The Labute approximate surface area is 141 Å². The summed E-state index contributed by atoms with van der Waals surface area (Å²) < 4.78 is 45.1. The third-order valence-corrected chi connectivity index (χ3v) is 3.33. The molecule has 2 aromatic heterocycles. The van der Waals surface area contributed by atoms with E-state index in [0.29, 0.717) is 10.2 Å². The fourth-order valence-electron chi connectivity index (χ4n) is 2.29. The predicted octanol–water partition coefficient (Wildman–Crippen LogP) is 3.98. The Balaban J connectivity index is 1.89. The number of nitrogens with zero attached hydrogens (tertiary/aromatic N) is 4. The molecule has 25 heavy (non-hydrogen) atoms. The maximum Gasteiger partial charge on any atom is 0.453 e. The molecule has 0 fully saturated rings. The van der Waals surface area contributed by atoms with Gasteiger partial charge in [-0.1, -0.05) is 0 Å². The van der Waals surface area contributed by atoms with Crippen LogP contribution in [0.15, 0.2) is 30.3 Å². The predicted molar refractivity (Wildman–Crippen MR) is 86.0 cm³/mol. The van der Waals surface area contributed by atoms with Crippen LogP contribution in [0.1, 0.15) is 25.2 Å². The molecule has 0 saturated heterocycles. The second kappa shape index (κ2) is 6.23. The molecule has 1 N–H and O–H groups in total. The number of benzene rings is 1. The number of fused-ring (bicyclic) bond motifs is 1. The number of hydrogen-bond acceptors (Lipinski definition) is 5. The van der Waals surface area contributed by atoms with Gasteiger partial charge < -0.3 is 10.1 Å². The Morgan fingerprint density at radius 1 is 1.12 bits per heavy atom. The number of hydrogen-bond donors (Lipinski definition) is 1. The Kier molecular flexibility index (Phi) is 4.23. The molecular formula is C16H16F3N5O. The van der Waals surface area contributed by atoms with Gasteiger partial charge in [0.1, 0.15) is 5.75 Å². The number of rotatable bonds is 4. The van der Waals surface area contributed by atoms with Gasteiger partial charge in [-0.15, -0.1) is 15.3 Å². The van der Waals surface area contributed by atoms with E-state index in [2.05, 4.69) is 20.6 Å². The lowest BCUT2D eigenvalue weighted by molar-refractivity contribution is -0.146. The topological polar surface area (TPSA) is 64.3 Å². The van der Waals surface area contributed by atoms with Crippen molar-refractivity contribution in [3.63, 3.8) is 0 Å². The van der Waals surface area contributed by atoms with E-state index in [4.69, 9.17) is 4.74 Å². The molecule has 0 amide bonds. The van der Waals surface area contributed by atoms with Crippen molar-refractivity contribution in [1.82, 2.24) is 19.8 Å². The Hall–Kier alpha value is -2.84. The highest BCUT2D eigenvalue weighted by molar-refractivity contribution is 5.60. The fourth-order valence-corrected chi connectivity index (χ4v) is 2.29. The molecule has 0 bridgehead atoms. The number of halogens is 3. The van der Waals surface area contributed by atoms with Gasteiger partial charge in [-0.05, 0) is 56.7 Å². The number of anilines is 2. The molecule has 132 valence electrons. The molecule has 0 aliphatic heterocycles. The van der Waals surface area contributed by atoms with Gasteiger partial charge >= 0.3 is 6.18 Å². The van der Waals surface area contributed by atoms with Gasteiger partial charge in [0.05, 0.1) is 6.10 Å². The lowest BCUT2D eigenvalue weighted by Crippen LogP contribution is -2.13. The molecule has 0 aliphatic rings. The van der Waals surface area contributed by atoms with Crippen LogP contribution in [0.2, 0.25) is 0 Å². The second-order valence-electron chi connectivity index (χ2n) is 5.78. The molecule has 2 heterocycles. The average molecular weight is 351 g/mol. The molecule has 0 spiro atoms. The highest BCUT2D eigenvalue weighted by Gasteiger charge is 2.37. The minimum absolute atomic E-state index is 0.0229. The number of aryl methyl sites for hydroxylation is 1. The third-order valence-electron chi connectivity index (χ3n) is 3.33. The first-order valence-corrected chi connectivity index (χ1v) is 7.58. The molecule has 3 aromatic rings. The molecule has 0 unspecified atom stereocenters. The Morgan fingerprint density at radius 3 is 2.52 bits per heavy atom. The summed E-state index contributed by atoms with van der Waals surface area (Å²) in [5.74, 6) is -0.167. The SMILES string of the molecule is Cc1cc(Nc2ccc3nnc(C(F)(F)F)n3n2)ccc1OC(C)C. The second-order valence-corrected chi connectivity index (χ2v) is 5.78. The van der Waals surface area contributed by atoms with E-state index >= 15 is 0 Å². The van der Waals surface area contributed by atoms with E-state index in [1.807, 2.05) is 26.8 Å². The molecule has 0 aliphatic carbocycles. The highest BCUT2D eigenvalue weighted by Crippen LogP contribution is 2.28. The Morgan fingerprint density at radius 2 is 1.88 bits per heavy atom. The van der Waals surface area contributed by atoms with Crippen molar-refractivity contribution in [3.8, 4) is 5.75 Å². The van der Waals surface area contributed by atoms with Crippen LogP contribution in [0.3, 0.4) is 0 Å². The van der Waals surface area contributed by atoms with E-state index in [9.17, 15) is 13.2 Å². The van der Waals surface area contributed by atoms with Gasteiger partial charge in [0.15, 0.2) is 11.5 Å². The van der Waals surface area contributed by atoms with Crippen molar-refractivity contribution in [1.29, 1.82) is 0 Å². The van der Waals surface area contributed by atoms with E-state index in [1.54, 1.807) is 12.1 Å². The number of ether oxygens (including phenoxy) is 1. The number of nitrogens with one attached hydrogen (secondary N) is 1. The summed E-state index contributed by atoms with van der Waals surface area (Å²) in [6.07, 6.45) is -4.58. The van der Waals surface area contributed by atoms with Crippen molar-refractivity contribution < 1.29 is 17.9 Å². The molecule has 0 radical (unpaired) electrons. The van der Waals surface area contributed by atoms with Crippen LogP contribution in [0.25, 0.3) is 5.65 Å². The summed E-state index contributed by atoms with van der Waals surface area (Å²) >= 11 is 0. The quantitative estimate of drug-likeness (QED) is 0.770. The van der Waals surface area contributed by atoms with Gasteiger partial charge in [0.2, 0.25) is 0 Å². The standard InChI is InChI=1S/C16H16F3N5O/c1-9(2)25-12-5-4-11(8-10(12)3)20-13-6-7-14-21-22-15(16(17,18)19)24(14)23-13/h4-9H,1-3H3,(H,20,23). The first kappa shape index (κ1) is 17.0. The van der Waals surface area contributed by atoms with Crippen LogP contribution in [0.5, 0.6) is 5.75 Å². The molecular weight excluding hydrogens is 335 g/mol. The summed E-state index contributed by atoms with van der Waals surface area (Å²) in [4.78, 5) is 0. The zero-order valence-corrected chi connectivity index (χ0v) is 13.8. The lowest BCUT2D eigenvalue weighted by Gasteiger charge is -2.14. The van der Waals surface area contributed by atoms with Crippen LogP contribution in [0, 0.1) is 6.92 Å². The summed E-state index contributed by atoms with van der Waals surface area (Å²) in [7, 11) is 0. The summed E-state index contributed by atoms with van der Waals surface area (Å²) in [6.45, 7) is 5.76. The van der Waals surface area contributed by atoms with Crippen LogP contribution in [0.4, 0.5) is 24.7 Å². The van der Waals surface area contributed by atoms with E-state index in [1.165, 1.54) is 12.1 Å². The number of aromatic nitrogens is 4. The number of alkyl halides is 3. The van der Waals surface area contributed by atoms with E-state index in [0.717, 1.165) is 11.3 Å². The van der Waals surface area contributed by atoms with Crippen LogP contribution in [-0.2, 0) is 6.18 Å². The van der Waals surface area contributed by atoms with E-state index < -0.39 is 12.0 Å². The lowest BCUT2D eigenvalue weighted by atomic mass is 10.2. The molecule has 1 aromatic carbocycles. The Bertz CT molecular complexity index is 904. The first-order valence-electron chi connectivity index (χ1n) is 7.58. The normalized spacial score (nSPS) is 12.0. The maximum atomic E-state index is 12.9. The van der Waals surface area contributed by atoms with E-state index in [-0.39, 0.29) is 17.6 Å². The van der Waals surface area contributed by atoms with Gasteiger partial charge in [-0.3, -0.25) is 0 Å². The average Bonchev–Trinajstić information content (AvgIpc) is 2.93. The van der Waals surface area contributed by atoms with Crippen LogP contribution in [-0.4, -0.2) is 25.9 Å². The fraction of sp³-hybridized carbons (Fsp3) is 0.312. The third kappa shape index (κ3) is 3.65. The first-order chi connectivity index (χ1) is 11.7. The van der Waals surface area contributed by atoms with Gasteiger partial charge in [0, 0.05) is 5.69 Å². The van der Waals surface area contributed by atoms with Crippen molar-refractivity contribution in [2.24, 2.45) is 0 Å². The van der Waals surface area contributed by atoms with Gasteiger partial charge in [0.25, 0.3) is 5.82 Å². The molecule has 0 saturated carbocycles. The molecule has 9 heteroatoms. The summed E-state index contributed by atoms with van der Waals surface area (Å²) in [5, 5.41) is 13.5. The summed E-state index contributed by atoms with van der Waals surface area (Å²) in [6, 6.07) is 8.36.